The van der Waals surface area contributed by atoms with Gasteiger partial charge in [-0.3, -0.25) is 0 Å². The highest BCUT2D eigenvalue weighted by atomic mass is 32.2. The average molecular weight is 451 g/mol. The highest BCUT2D eigenvalue weighted by Gasteiger charge is 2.31. The van der Waals surface area contributed by atoms with Crippen LogP contribution in [-0.4, -0.2) is 26.2 Å². The molecule has 0 saturated carbocycles. The third-order valence-corrected chi connectivity index (χ3v) is 5.03. The van der Waals surface area contributed by atoms with E-state index in [9.17, 15) is 34.8 Å². The number of benzene rings is 2. The molecule has 0 unspecified atom stereocenters. The molecule has 0 saturated heterocycles. The second kappa shape index (κ2) is 7.67. The van der Waals surface area contributed by atoms with Crippen LogP contribution in [0.15, 0.2) is 45.8 Å². The molecule has 0 radical (unpaired) electrons. The van der Waals surface area contributed by atoms with Crippen molar-refractivity contribution >= 4 is 9.84 Å². The lowest BCUT2D eigenvalue weighted by Crippen LogP contribution is -2.17. The molecule has 0 atom stereocenters. The summed E-state index contributed by atoms with van der Waals surface area (Å²) in [6.07, 6.45) is -4.30. The van der Waals surface area contributed by atoms with E-state index in [0.29, 0.717) is 18.4 Å². The fourth-order valence-electron chi connectivity index (χ4n) is 2.73. The SMILES string of the molecule is CS(=O)(=O)c1cc(F)c(-c2c(-c3cccc(OC(F)(F)F)c3)noc2CF)cc1F. The van der Waals surface area contributed by atoms with E-state index in [1.54, 1.807) is 0 Å². The molecule has 0 spiro atoms. The molecule has 0 aliphatic heterocycles. The Morgan fingerprint density at radius 2 is 1.80 bits per heavy atom. The Kier molecular flexibility index (Phi) is 5.54. The summed E-state index contributed by atoms with van der Waals surface area (Å²) >= 11 is 0. The maximum atomic E-state index is 14.6. The molecule has 30 heavy (non-hydrogen) atoms. The number of sulfone groups is 1. The summed E-state index contributed by atoms with van der Waals surface area (Å²) in [5, 5.41) is 3.55. The number of hydrogen-bond donors (Lipinski definition) is 0. The van der Waals surface area contributed by atoms with E-state index in [2.05, 4.69) is 9.89 Å². The number of aromatic nitrogens is 1. The lowest BCUT2D eigenvalue weighted by Gasteiger charge is -2.11. The largest absolute Gasteiger partial charge is 0.573 e. The Morgan fingerprint density at radius 3 is 2.40 bits per heavy atom. The highest BCUT2D eigenvalue weighted by Crippen LogP contribution is 2.39. The fraction of sp³-hybridized carbons (Fsp3) is 0.167. The predicted octanol–water partition coefficient (Wildman–Crippen LogP) is 5.06. The van der Waals surface area contributed by atoms with Crippen molar-refractivity contribution in [1.82, 2.24) is 5.16 Å². The van der Waals surface area contributed by atoms with Crippen LogP contribution in [-0.2, 0) is 16.5 Å². The standard InChI is InChI=1S/C18H11F6NO4S/c1-30(26,27)15-7-12(20)11(6-13(15)21)16-14(8-19)29-25-17(16)9-3-2-4-10(5-9)28-18(22,23)24/h2-7H,8H2,1H3. The maximum Gasteiger partial charge on any atom is 0.573 e. The van der Waals surface area contributed by atoms with Gasteiger partial charge in [-0.15, -0.1) is 13.2 Å². The third-order valence-electron chi connectivity index (χ3n) is 3.92. The molecule has 0 fully saturated rings. The number of rotatable bonds is 5. The van der Waals surface area contributed by atoms with Gasteiger partial charge in [0.25, 0.3) is 0 Å². The normalized spacial score (nSPS) is 12.2. The maximum absolute atomic E-state index is 14.6. The van der Waals surface area contributed by atoms with Crippen molar-refractivity contribution in [3.8, 4) is 28.1 Å². The Morgan fingerprint density at radius 1 is 1.10 bits per heavy atom. The monoisotopic (exact) mass is 451 g/mol. The molecule has 1 aromatic heterocycles. The molecule has 0 amide bonds. The van der Waals surface area contributed by atoms with Crippen molar-refractivity contribution in [3.05, 3.63) is 53.8 Å². The van der Waals surface area contributed by atoms with Crippen LogP contribution in [0.4, 0.5) is 26.3 Å². The number of ether oxygens (including phenoxy) is 1. The van der Waals surface area contributed by atoms with E-state index < -0.39 is 56.5 Å². The third kappa shape index (κ3) is 4.42. The van der Waals surface area contributed by atoms with E-state index >= 15 is 0 Å². The molecule has 0 N–H and O–H groups in total. The molecule has 0 bridgehead atoms. The van der Waals surface area contributed by atoms with Crippen LogP contribution in [0.3, 0.4) is 0 Å². The number of halogens is 6. The second-order valence-corrected chi connectivity index (χ2v) is 8.06. The summed E-state index contributed by atoms with van der Waals surface area (Å²) in [7, 11) is -4.09. The first-order valence-electron chi connectivity index (χ1n) is 8.01. The average Bonchev–Trinajstić information content (AvgIpc) is 3.05. The number of hydrogen-bond acceptors (Lipinski definition) is 5. The molecule has 160 valence electrons. The van der Waals surface area contributed by atoms with Crippen molar-refractivity contribution in [2.75, 3.05) is 6.26 Å². The molecule has 0 aliphatic carbocycles. The highest BCUT2D eigenvalue weighted by molar-refractivity contribution is 7.90. The first-order chi connectivity index (χ1) is 13.9. The summed E-state index contributed by atoms with van der Waals surface area (Å²) in [4.78, 5) is -0.913. The lowest BCUT2D eigenvalue weighted by molar-refractivity contribution is -0.274. The first kappa shape index (κ1) is 21.7. The zero-order chi connectivity index (χ0) is 22.3. The van der Waals surface area contributed by atoms with Gasteiger partial charge in [0, 0.05) is 17.4 Å². The smallest absolute Gasteiger partial charge is 0.406 e. The molecular formula is C18H11F6NO4S. The van der Waals surface area contributed by atoms with Gasteiger partial charge in [0.2, 0.25) is 0 Å². The zero-order valence-corrected chi connectivity index (χ0v) is 15.7. The van der Waals surface area contributed by atoms with Crippen molar-refractivity contribution in [3.63, 3.8) is 0 Å². The molecule has 12 heteroatoms. The van der Waals surface area contributed by atoms with E-state index in [1.807, 2.05) is 0 Å². The van der Waals surface area contributed by atoms with Crippen molar-refractivity contribution < 1.29 is 44.0 Å². The minimum Gasteiger partial charge on any atom is -0.406 e. The van der Waals surface area contributed by atoms with Crippen LogP contribution in [0.1, 0.15) is 5.76 Å². The molecule has 0 aliphatic rings. The second-order valence-electron chi connectivity index (χ2n) is 6.07. The van der Waals surface area contributed by atoms with Gasteiger partial charge in [-0.2, -0.15) is 0 Å². The Balaban J connectivity index is 2.19. The predicted molar refractivity (Wildman–Crippen MR) is 91.9 cm³/mol. The summed E-state index contributed by atoms with van der Waals surface area (Å²) in [5.74, 6) is -3.69. The Hall–Kier alpha value is -3.02. The van der Waals surface area contributed by atoms with Gasteiger partial charge in [0.1, 0.15) is 28.0 Å². The van der Waals surface area contributed by atoms with Crippen LogP contribution in [0.2, 0.25) is 0 Å². The van der Waals surface area contributed by atoms with Crippen LogP contribution in [0.25, 0.3) is 22.4 Å². The molecule has 1 heterocycles. The fourth-order valence-corrected chi connectivity index (χ4v) is 3.47. The van der Waals surface area contributed by atoms with E-state index in [4.69, 9.17) is 4.52 Å². The minimum absolute atomic E-state index is 0.0674. The van der Waals surface area contributed by atoms with Crippen LogP contribution in [0.5, 0.6) is 5.75 Å². The van der Waals surface area contributed by atoms with E-state index in [-0.39, 0.29) is 16.8 Å². The van der Waals surface area contributed by atoms with E-state index in [0.717, 1.165) is 12.1 Å². The number of nitrogens with zero attached hydrogens (tertiary/aromatic N) is 1. The van der Waals surface area contributed by atoms with Crippen molar-refractivity contribution in [2.45, 2.75) is 17.9 Å². The Bertz CT molecular complexity index is 1200. The van der Waals surface area contributed by atoms with Crippen LogP contribution in [0, 0.1) is 11.6 Å². The lowest BCUT2D eigenvalue weighted by atomic mass is 9.98. The molecule has 3 rings (SSSR count). The van der Waals surface area contributed by atoms with Crippen LogP contribution >= 0.6 is 0 Å². The van der Waals surface area contributed by atoms with Gasteiger partial charge >= 0.3 is 6.36 Å². The Labute approximate surface area is 165 Å². The molecule has 5 nitrogen and oxygen atoms in total. The molecule has 3 aromatic rings. The van der Waals surface area contributed by atoms with E-state index in [1.165, 1.54) is 12.1 Å². The van der Waals surface area contributed by atoms with Crippen molar-refractivity contribution in [1.29, 1.82) is 0 Å². The van der Waals surface area contributed by atoms with Gasteiger partial charge in [0.15, 0.2) is 22.3 Å². The summed E-state index contributed by atoms with van der Waals surface area (Å²) < 4.78 is 111. The molecular weight excluding hydrogens is 440 g/mol. The minimum atomic E-state index is -4.98. The molecule has 2 aromatic carbocycles. The quantitative estimate of drug-likeness (QED) is 0.508. The number of alkyl halides is 4. The van der Waals surface area contributed by atoms with Crippen molar-refractivity contribution in [2.24, 2.45) is 0 Å². The van der Waals surface area contributed by atoms with Gasteiger partial charge in [-0.25, -0.2) is 21.6 Å². The summed E-state index contributed by atoms with van der Waals surface area (Å²) in [5.41, 5.74) is -1.31. The topological polar surface area (TPSA) is 69.4 Å². The summed E-state index contributed by atoms with van der Waals surface area (Å²) in [6, 6.07) is 5.28. The van der Waals surface area contributed by atoms with Gasteiger partial charge in [-0.1, -0.05) is 17.3 Å². The summed E-state index contributed by atoms with van der Waals surface area (Å²) in [6.45, 7) is -1.30. The first-order valence-corrected chi connectivity index (χ1v) is 9.90. The van der Waals surface area contributed by atoms with Gasteiger partial charge in [0.05, 0.1) is 5.56 Å². The van der Waals surface area contributed by atoms with Crippen LogP contribution < -0.4 is 4.74 Å². The van der Waals surface area contributed by atoms with Gasteiger partial charge < -0.3 is 9.26 Å². The van der Waals surface area contributed by atoms with Gasteiger partial charge in [-0.05, 0) is 24.3 Å². The zero-order valence-electron chi connectivity index (χ0n) is 14.9.